The van der Waals surface area contributed by atoms with Crippen LogP contribution < -0.4 is 11.3 Å². The summed E-state index contributed by atoms with van der Waals surface area (Å²) in [6.45, 7) is -7.50. The third-order valence-electron chi connectivity index (χ3n) is 6.26. The number of aryl methyl sites for hydroxylation is 1. The lowest BCUT2D eigenvalue weighted by Crippen LogP contribution is -2.32. The number of aromatic nitrogens is 8. The van der Waals surface area contributed by atoms with E-state index in [-0.39, 0.29) is 42.7 Å². The van der Waals surface area contributed by atoms with Gasteiger partial charge in [0.2, 0.25) is 5.95 Å². The molecule has 22 heteroatoms. The average molecular weight is 650 g/mol. The van der Waals surface area contributed by atoms with Gasteiger partial charge in [-0.25, -0.2) is 28.9 Å². The van der Waals surface area contributed by atoms with Crippen LogP contribution in [-0.2, 0) is 52.4 Å². The maximum atomic E-state index is 15.8. The van der Waals surface area contributed by atoms with Crippen LogP contribution in [0.1, 0.15) is 17.9 Å². The van der Waals surface area contributed by atoms with Crippen molar-refractivity contribution in [2.24, 2.45) is 0 Å². The molecule has 0 spiro atoms. The van der Waals surface area contributed by atoms with Crippen LogP contribution in [0.2, 0.25) is 0 Å². The van der Waals surface area contributed by atoms with Crippen molar-refractivity contribution in [3.05, 3.63) is 34.5 Å². The Morgan fingerprint density at radius 3 is 2.85 bits per heavy atom. The highest BCUT2D eigenvalue weighted by Crippen LogP contribution is 2.55. The molecule has 4 N–H and O–H groups in total. The van der Waals surface area contributed by atoms with Gasteiger partial charge in [-0.1, -0.05) is 12.2 Å². The molecule has 2 unspecified atom stereocenters. The Kier molecular flexibility index (Phi) is 7.51. The zero-order valence-electron chi connectivity index (χ0n) is 20.9. The number of hydrogen-bond acceptors (Lipinski definition) is 14. The van der Waals surface area contributed by atoms with Crippen molar-refractivity contribution in [3.8, 4) is 0 Å². The molecule has 4 aromatic rings. The Morgan fingerprint density at radius 2 is 2.05 bits per heavy atom. The minimum absolute atomic E-state index is 0.0477. The summed E-state index contributed by atoms with van der Waals surface area (Å²) in [5, 5.41) is 0. The molecule has 0 radical (unpaired) electrons. The monoisotopic (exact) mass is 649 g/mol. The summed E-state index contributed by atoms with van der Waals surface area (Å²) in [6, 6.07) is 0. The molecule has 4 aromatic heterocycles. The van der Waals surface area contributed by atoms with Crippen molar-refractivity contribution in [1.82, 2.24) is 39.0 Å². The molecule has 220 valence electrons. The van der Waals surface area contributed by atoms with Crippen LogP contribution in [0.5, 0.6) is 0 Å². The number of imidazole rings is 2. The molecular weight excluding hydrogens is 627 g/mol. The Morgan fingerprint density at radius 1 is 1.24 bits per heavy atom. The van der Waals surface area contributed by atoms with E-state index in [1.54, 1.807) is 11.5 Å². The Balaban J connectivity index is 1.38. The minimum Gasteiger partial charge on any atom is -0.369 e. The molecule has 17 nitrogen and oxygen atoms in total. The van der Waals surface area contributed by atoms with Gasteiger partial charge < -0.3 is 24.5 Å². The fourth-order valence-electron chi connectivity index (χ4n) is 4.47. The second-order valence-corrected chi connectivity index (χ2v) is 14.7. The number of fused-ring (bicyclic) bond motifs is 6. The van der Waals surface area contributed by atoms with Gasteiger partial charge in [-0.15, -0.1) is 0 Å². The number of anilines is 1. The molecule has 0 saturated carbocycles. The van der Waals surface area contributed by atoms with Gasteiger partial charge >= 0.3 is 13.5 Å². The molecule has 0 aromatic carbocycles. The van der Waals surface area contributed by atoms with E-state index in [0.717, 1.165) is 0 Å². The van der Waals surface area contributed by atoms with Crippen LogP contribution in [0.3, 0.4) is 0 Å². The van der Waals surface area contributed by atoms with Crippen molar-refractivity contribution in [2.45, 2.75) is 44.7 Å². The minimum atomic E-state index is -4.17. The zero-order chi connectivity index (χ0) is 29.1. The molecule has 2 aliphatic heterocycles. The summed E-state index contributed by atoms with van der Waals surface area (Å²) < 4.78 is 59.3. The number of rotatable bonds is 1. The summed E-state index contributed by atoms with van der Waals surface area (Å²) in [6.07, 6.45) is -3.73. The maximum Gasteiger partial charge on any atom is 0.386 e. The van der Waals surface area contributed by atoms with Gasteiger partial charge in [0.15, 0.2) is 29.2 Å². The van der Waals surface area contributed by atoms with Crippen molar-refractivity contribution in [1.29, 1.82) is 0 Å². The number of ether oxygens (including phenoxy) is 1. The van der Waals surface area contributed by atoms with E-state index >= 15 is 4.39 Å². The molecule has 1 saturated heterocycles. The normalized spacial score (nSPS) is 31.6. The zero-order valence-corrected chi connectivity index (χ0v) is 24.4. The first-order valence-electron chi connectivity index (χ1n) is 11.9. The van der Waals surface area contributed by atoms with Gasteiger partial charge in [-0.3, -0.25) is 27.9 Å². The van der Waals surface area contributed by atoms with Gasteiger partial charge in [-0.2, -0.15) is 4.98 Å². The van der Waals surface area contributed by atoms with Crippen molar-refractivity contribution in [3.63, 3.8) is 0 Å². The lowest BCUT2D eigenvalue weighted by Gasteiger charge is -2.25. The van der Waals surface area contributed by atoms with Gasteiger partial charge in [0.05, 0.1) is 25.7 Å². The lowest BCUT2D eigenvalue weighted by molar-refractivity contribution is -0.0455. The highest BCUT2D eigenvalue weighted by molar-refractivity contribution is 8.44. The third-order valence-corrected chi connectivity index (χ3v) is 9.48. The molecule has 6 atom stereocenters. The van der Waals surface area contributed by atoms with Crippen LogP contribution in [0.4, 0.5) is 10.3 Å². The molecule has 0 amide bonds. The van der Waals surface area contributed by atoms with Crippen LogP contribution in [-0.4, -0.2) is 75.5 Å². The van der Waals surface area contributed by atoms with E-state index in [1.165, 1.54) is 17.1 Å². The number of nitrogen functional groups attached to an aromatic ring is 1. The van der Waals surface area contributed by atoms with E-state index in [9.17, 15) is 14.3 Å². The number of thiol groups is 1. The average Bonchev–Trinajstić information content (AvgIpc) is 3.55. The first-order valence-corrected chi connectivity index (χ1v) is 17.2. The smallest absolute Gasteiger partial charge is 0.369 e. The first kappa shape index (κ1) is 28.7. The van der Waals surface area contributed by atoms with Crippen LogP contribution in [0.15, 0.2) is 17.3 Å². The Labute approximate surface area is 239 Å². The Bertz CT molecular complexity index is 1800. The fourth-order valence-corrected chi connectivity index (χ4v) is 6.96. The number of nitrogens with zero attached hydrogens (tertiary/aromatic N) is 7. The number of halogens is 1. The van der Waals surface area contributed by atoms with Gasteiger partial charge in [0.25, 0.3) is 5.56 Å². The van der Waals surface area contributed by atoms with E-state index < -0.39 is 50.3 Å². The molecule has 41 heavy (non-hydrogen) atoms. The number of H-pyrrole nitrogens is 1. The Hall–Kier alpha value is -2.38. The molecule has 2 bridgehead atoms. The highest BCUT2D eigenvalue weighted by Gasteiger charge is 2.50. The molecule has 6 rings (SSSR count). The second kappa shape index (κ2) is 10.7. The van der Waals surface area contributed by atoms with E-state index in [4.69, 9.17) is 40.4 Å². The fraction of sp³-hybridized carbons (Fsp3) is 0.474. The van der Waals surface area contributed by atoms with Crippen molar-refractivity contribution in [2.75, 3.05) is 18.9 Å². The molecule has 6 heterocycles. The molecule has 2 aliphatic rings. The third kappa shape index (κ3) is 5.69. The maximum absolute atomic E-state index is 15.8. The largest absolute Gasteiger partial charge is 0.386 e. The first-order chi connectivity index (χ1) is 19.4. The lowest BCUT2D eigenvalue weighted by atomic mass is 10.1. The van der Waals surface area contributed by atoms with Gasteiger partial charge in [0.1, 0.15) is 36.0 Å². The number of aromatic amines is 1. The second-order valence-electron chi connectivity index (χ2n) is 9.00. The number of nitrogens with one attached hydrogen (secondary N) is 1. The predicted octanol–water partition coefficient (Wildman–Crippen LogP) is 1.29. The van der Waals surface area contributed by atoms with E-state index in [0.29, 0.717) is 17.0 Å². The van der Waals surface area contributed by atoms with Crippen molar-refractivity contribution >= 4 is 65.8 Å². The number of alkyl halides is 1. The van der Waals surface area contributed by atoms with Crippen LogP contribution >= 0.6 is 25.8 Å². The quantitative estimate of drug-likeness (QED) is 0.169. The summed E-state index contributed by atoms with van der Waals surface area (Å²) in [7, 11) is 0. The summed E-state index contributed by atoms with van der Waals surface area (Å²) in [5.41, 5.74) is 5.73. The topological polar surface area (TPSA) is 217 Å². The molecular formula is C19H22FN9O8P2S2. The molecule has 1 fully saturated rings. The van der Waals surface area contributed by atoms with Gasteiger partial charge in [-0.05, 0) is 18.7 Å². The number of nitrogens with two attached hydrogens (primary N) is 1. The summed E-state index contributed by atoms with van der Waals surface area (Å²) >= 11 is 9.22. The van der Waals surface area contributed by atoms with E-state index in [1.807, 2.05) is 0 Å². The van der Waals surface area contributed by atoms with Crippen LogP contribution in [0, 0.1) is 6.92 Å². The van der Waals surface area contributed by atoms with Crippen molar-refractivity contribution < 1.29 is 36.7 Å². The highest BCUT2D eigenvalue weighted by atomic mass is 32.7. The number of hydrogen-bond donors (Lipinski definition) is 4. The van der Waals surface area contributed by atoms with Gasteiger partial charge in [0, 0.05) is 6.54 Å². The van der Waals surface area contributed by atoms with E-state index in [2.05, 4.69) is 42.2 Å². The molecule has 0 aliphatic carbocycles. The predicted molar refractivity (Wildman–Crippen MR) is 146 cm³/mol. The summed E-state index contributed by atoms with van der Waals surface area (Å²) in [5.74, 6) is 0.504. The standard InChI is InChI=1S/C19H22FN9O8P2S2/c1-8-22-4-9-15(24-8)28-2-3-33-38(31,40)34-5-10-12(20)14(37-39(32,41)35-6-11(28)25-9)18(36-10)29-7-23-13-16(29)26-19(21)27-17(13)30/h4,7,10,12,14,18H,2-3,5-6H2,1H3,(H,31,40)(H,32,41)(H3,21,26,27,30)/t10-,12-,14-,18+,38?,39?/m1/s1. The van der Waals surface area contributed by atoms with Crippen LogP contribution in [0.25, 0.3) is 22.3 Å². The SMILES string of the molecule is Cc1ncc2nc3n(c2n1)CCOP(=O)(S)OC[C@H]1O[C@H](n2cnc4c(=O)[nH]c(N)nc42)[C@H](OP(O)(=S)OC3)[C@@H]1F. The summed E-state index contributed by atoms with van der Waals surface area (Å²) in [4.78, 5) is 46.6.